The molecular weight excluding hydrogens is 200 g/mol. The average Bonchev–Trinajstić information content (AvgIpc) is 2.25. The zero-order chi connectivity index (χ0) is 10.7. The number of anilines is 1. The summed E-state index contributed by atoms with van der Waals surface area (Å²) in [6.45, 7) is 2.05. The lowest BCUT2D eigenvalue weighted by molar-refractivity contribution is 0.482. The van der Waals surface area contributed by atoms with Crippen molar-refractivity contribution in [3.63, 3.8) is 0 Å². The smallest absolute Gasteiger partial charge is 0.127 e. The van der Waals surface area contributed by atoms with E-state index in [0.29, 0.717) is 0 Å². The van der Waals surface area contributed by atoms with Gasteiger partial charge in [0.1, 0.15) is 11.5 Å². The SMILES string of the molecule is Cc1ccc(Oc2ccc(N)cc2)cc1.N. The second-order valence-corrected chi connectivity index (χ2v) is 3.48. The topological polar surface area (TPSA) is 70.2 Å². The molecule has 2 aromatic rings. The summed E-state index contributed by atoms with van der Waals surface area (Å²) in [6.07, 6.45) is 0. The first kappa shape index (κ1) is 12.1. The Kier molecular flexibility index (Phi) is 3.91. The van der Waals surface area contributed by atoms with Gasteiger partial charge in [-0.05, 0) is 43.3 Å². The van der Waals surface area contributed by atoms with E-state index in [4.69, 9.17) is 10.5 Å². The number of benzene rings is 2. The minimum Gasteiger partial charge on any atom is -0.457 e. The number of nitrogen functional groups attached to an aromatic ring is 1. The Balaban J connectivity index is 0.00000128. The first-order chi connectivity index (χ1) is 7.24. The van der Waals surface area contributed by atoms with Crippen LogP contribution < -0.4 is 16.6 Å². The molecule has 84 valence electrons. The number of nitrogens with two attached hydrogens (primary N) is 1. The highest BCUT2D eigenvalue weighted by Crippen LogP contribution is 2.22. The molecule has 16 heavy (non-hydrogen) atoms. The summed E-state index contributed by atoms with van der Waals surface area (Å²) in [4.78, 5) is 0. The number of rotatable bonds is 2. The lowest BCUT2D eigenvalue weighted by atomic mass is 10.2. The molecule has 0 aromatic heterocycles. The van der Waals surface area contributed by atoms with Crippen LogP contribution in [0.25, 0.3) is 0 Å². The third-order valence-corrected chi connectivity index (χ3v) is 2.14. The molecule has 2 aromatic carbocycles. The molecule has 0 aliphatic rings. The first-order valence-electron chi connectivity index (χ1n) is 4.84. The highest BCUT2D eigenvalue weighted by Gasteiger charge is 1.95. The van der Waals surface area contributed by atoms with Gasteiger partial charge >= 0.3 is 0 Å². The molecule has 3 heteroatoms. The van der Waals surface area contributed by atoms with E-state index in [1.54, 1.807) is 0 Å². The third-order valence-electron chi connectivity index (χ3n) is 2.14. The molecule has 0 heterocycles. The maximum atomic E-state index is 5.63. The molecule has 2 rings (SSSR count). The molecule has 0 aliphatic heterocycles. The number of hydrogen-bond donors (Lipinski definition) is 2. The van der Waals surface area contributed by atoms with Gasteiger partial charge in [0.25, 0.3) is 0 Å². The van der Waals surface area contributed by atoms with Crippen molar-refractivity contribution < 1.29 is 4.74 Å². The Hall–Kier alpha value is -2.00. The van der Waals surface area contributed by atoms with Crippen LogP contribution in [-0.2, 0) is 0 Å². The Morgan fingerprint density at radius 1 is 0.812 bits per heavy atom. The van der Waals surface area contributed by atoms with Crippen LogP contribution in [0, 0.1) is 6.92 Å². The summed E-state index contributed by atoms with van der Waals surface area (Å²) < 4.78 is 5.63. The number of aryl methyl sites for hydroxylation is 1. The molecule has 0 amide bonds. The zero-order valence-corrected chi connectivity index (χ0v) is 9.31. The zero-order valence-electron chi connectivity index (χ0n) is 9.31. The van der Waals surface area contributed by atoms with Gasteiger partial charge in [0, 0.05) is 5.69 Å². The molecule has 0 unspecified atom stereocenters. The van der Waals surface area contributed by atoms with E-state index in [1.807, 2.05) is 55.5 Å². The van der Waals surface area contributed by atoms with E-state index in [1.165, 1.54) is 5.56 Å². The van der Waals surface area contributed by atoms with Crippen LogP contribution in [0.2, 0.25) is 0 Å². The largest absolute Gasteiger partial charge is 0.457 e. The van der Waals surface area contributed by atoms with Gasteiger partial charge in [-0.15, -0.1) is 0 Å². The van der Waals surface area contributed by atoms with Crippen LogP contribution >= 0.6 is 0 Å². The van der Waals surface area contributed by atoms with Crippen LogP contribution in [0.15, 0.2) is 48.5 Å². The van der Waals surface area contributed by atoms with Crippen molar-refractivity contribution in [3.05, 3.63) is 54.1 Å². The predicted octanol–water partition coefficient (Wildman–Crippen LogP) is 3.53. The molecule has 0 saturated carbocycles. The summed E-state index contributed by atoms with van der Waals surface area (Å²) in [5.74, 6) is 1.64. The summed E-state index contributed by atoms with van der Waals surface area (Å²) in [7, 11) is 0. The van der Waals surface area contributed by atoms with Crippen LogP contribution in [-0.4, -0.2) is 0 Å². The van der Waals surface area contributed by atoms with Gasteiger partial charge in [0.2, 0.25) is 0 Å². The van der Waals surface area contributed by atoms with Crippen LogP contribution in [0.1, 0.15) is 5.56 Å². The van der Waals surface area contributed by atoms with Gasteiger partial charge in [-0.2, -0.15) is 0 Å². The fourth-order valence-corrected chi connectivity index (χ4v) is 1.28. The summed E-state index contributed by atoms with van der Waals surface area (Å²) in [5, 5.41) is 0. The Morgan fingerprint density at radius 3 is 1.75 bits per heavy atom. The lowest BCUT2D eigenvalue weighted by Crippen LogP contribution is -1.86. The maximum absolute atomic E-state index is 5.63. The van der Waals surface area contributed by atoms with Gasteiger partial charge in [-0.1, -0.05) is 17.7 Å². The summed E-state index contributed by atoms with van der Waals surface area (Å²) >= 11 is 0. The summed E-state index contributed by atoms with van der Waals surface area (Å²) in [6, 6.07) is 15.3. The molecule has 0 atom stereocenters. The van der Waals surface area contributed by atoms with Crippen molar-refractivity contribution in [3.8, 4) is 11.5 Å². The second-order valence-electron chi connectivity index (χ2n) is 3.48. The maximum Gasteiger partial charge on any atom is 0.127 e. The Labute approximate surface area is 95.4 Å². The van der Waals surface area contributed by atoms with Gasteiger partial charge in [0.05, 0.1) is 0 Å². The normalized spacial score (nSPS) is 9.31. The van der Waals surface area contributed by atoms with Crippen LogP contribution in [0.5, 0.6) is 11.5 Å². The minimum absolute atomic E-state index is 0. The Bertz CT molecular complexity index is 391. The molecule has 3 nitrogen and oxygen atoms in total. The van der Waals surface area contributed by atoms with Crippen molar-refractivity contribution in [1.29, 1.82) is 0 Å². The van der Waals surface area contributed by atoms with E-state index in [2.05, 4.69) is 0 Å². The van der Waals surface area contributed by atoms with Crippen LogP contribution in [0.3, 0.4) is 0 Å². The van der Waals surface area contributed by atoms with Gasteiger partial charge < -0.3 is 16.6 Å². The molecule has 0 fully saturated rings. The van der Waals surface area contributed by atoms with Crippen molar-refractivity contribution in [1.82, 2.24) is 6.15 Å². The fraction of sp³-hybridized carbons (Fsp3) is 0.0769. The lowest BCUT2D eigenvalue weighted by Gasteiger charge is -2.05. The molecular formula is C13H16N2O. The van der Waals surface area contributed by atoms with Crippen molar-refractivity contribution in [2.24, 2.45) is 0 Å². The highest BCUT2D eigenvalue weighted by atomic mass is 16.5. The fourth-order valence-electron chi connectivity index (χ4n) is 1.28. The quantitative estimate of drug-likeness (QED) is 0.754. The van der Waals surface area contributed by atoms with Crippen molar-refractivity contribution in [2.45, 2.75) is 6.92 Å². The van der Waals surface area contributed by atoms with E-state index in [9.17, 15) is 0 Å². The number of hydrogen-bond acceptors (Lipinski definition) is 3. The Morgan fingerprint density at radius 2 is 1.25 bits per heavy atom. The van der Waals surface area contributed by atoms with E-state index in [0.717, 1.165) is 17.2 Å². The molecule has 5 N–H and O–H groups in total. The van der Waals surface area contributed by atoms with E-state index in [-0.39, 0.29) is 6.15 Å². The molecule has 0 bridgehead atoms. The standard InChI is InChI=1S/C13H13NO.H3N/c1-10-2-6-12(7-3-10)15-13-8-4-11(14)5-9-13;/h2-9H,14H2,1H3;1H3. The first-order valence-corrected chi connectivity index (χ1v) is 4.84. The predicted molar refractivity (Wildman–Crippen MR) is 67.1 cm³/mol. The molecule has 0 aliphatic carbocycles. The monoisotopic (exact) mass is 216 g/mol. The summed E-state index contributed by atoms with van der Waals surface area (Å²) in [5.41, 5.74) is 7.55. The van der Waals surface area contributed by atoms with Gasteiger partial charge in [-0.25, -0.2) is 0 Å². The molecule has 0 spiro atoms. The highest BCUT2D eigenvalue weighted by molar-refractivity contribution is 5.43. The van der Waals surface area contributed by atoms with Gasteiger partial charge in [0.15, 0.2) is 0 Å². The second kappa shape index (κ2) is 5.19. The van der Waals surface area contributed by atoms with Crippen molar-refractivity contribution >= 4 is 5.69 Å². The minimum atomic E-state index is 0. The average molecular weight is 216 g/mol. The molecule has 0 radical (unpaired) electrons. The molecule has 0 saturated heterocycles. The van der Waals surface area contributed by atoms with Crippen molar-refractivity contribution in [2.75, 3.05) is 5.73 Å². The van der Waals surface area contributed by atoms with Crippen LogP contribution in [0.4, 0.5) is 5.69 Å². The third kappa shape index (κ3) is 3.00. The van der Waals surface area contributed by atoms with E-state index < -0.39 is 0 Å². The van der Waals surface area contributed by atoms with E-state index >= 15 is 0 Å². The number of ether oxygens (including phenoxy) is 1. The van der Waals surface area contributed by atoms with Gasteiger partial charge in [-0.3, -0.25) is 0 Å².